The molecule has 2 aromatic heterocycles. The molecule has 1 aliphatic heterocycles. The van der Waals surface area contributed by atoms with Gasteiger partial charge in [-0.15, -0.1) is 0 Å². The lowest BCUT2D eigenvalue weighted by molar-refractivity contribution is -0.117. The molecule has 0 saturated carbocycles. The monoisotopic (exact) mass is 333 g/mol. The standard InChI is InChI=1S/C16H20ClN5O/c1-11-7-14(21-20-11)12-3-2-6-22(9-12)10-16(23)19-15-5-4-13(17)8-18-15/h4-5,7-8,12H,2-3,6,9-10H2,1H3,(H,20,21)(H,18,19,23)/t12-/m1/s1. The molecule has 1 atom stereocenters. The van der Waals surface area contributed by atoms with Gasteiger partial charge in [-0.25, -0.2) is 4.98 Å². The average molecular weight is 334 g/mol. The van der Waals surface area contributed by atoms with Crippen LogP contribution in [0.5, 0.6) is 0 Å². The third-order valence-corrected chi connectivity index (χ3v) is 4.24. The Hall–Kier alpha value is -1.92. The quantitative estimate of drug-likeness (QED) is 0.902. The Bertz CT molecular complexity index is 669. The molecular formula is C16H20ClN5O. The molecule has 3 rings (SSSR count). The van der Waals surface area contributed by atoms with Crippen molar-refractivity contribution in [3.63, 3.8) is 0 Å². The number of H-pyrrole nitrogens is 1. The predicted molar refractivity (Wildman–Crippen MR) is 89.6 cm³/mol. The van der Waals surface area contributed by atoms with Crippen LogP contribution in [0.2, 0.25) is 5.02 Å². The number of likely N-dealkylation sites (tertiary alicyclic amines) is 1. The molecule has 1 fully saturated rings. The van der Waals surface area contributed by atoms with Gasteiger partial charge in [0.2, 0.25) is 5.91 Å². The number of piperidine rings is 1. The number of nitrogens with one attached hydrogen (secondary N) is 2. The van der Waals surface area contributed by atoms with Gasteiger partial charge in [-0.3, -0.25) is 14.8 Å². The molecule has 0 aliphatic carbocycles. The fraction of sp³-hybridized carbons (Fsp3) is 0.438. The summed E-state index contributed by atoms with van der Waals surface area (Å²) in [5, 5.41) is 10.7. The summed E-state index contributed by atoms with van der Waals surface area (Å²) in [5.41, 5.74) is 2.16. The zero-order chi connectivity index (χ0) is 16.2. The van der Waals surface area contributed by atoms with Crippen molar-refractivity contribution < 1.29 is 4.79 Å². The molecule has 0 aromatic carbocycles. The largest absolute Gasteiger partial charge is 0.310 e. The molecule has 0 radical (unpaired) electrons. The summed E-state index contributed by atoms with van der Waals surface area (Å²) < 4.78 is 0. The minimum absolute atomic E-state index is 0.0568. The zero-order valence-electron chi connectivity index (χ0n) is 13.1. The van der Waals surface area contributed by atoms with Crippen LogP contribution in [0, 0.1) is 6.92 Å². The van der Waals surface area contributed by atoms with E-state index in [0.717, 1.165) is 37.3 Å². The summed E-state index contributed by atoms with van der Waals surface area (Å²) in [6, 6.07) is 5.50. The van der Waals surface area contributed by atoms with Gasteiger partial charge in [-0.05, 0) is 44.5 Å². The molecule has 23 heavy (non-hydrogen) atoms. The van der Waals surface area contributed by atoms with Gasteiger partial charge < -0.3 is 5.32 Å². The van der Waals surface area contributed by atoms with E-state index in [1.54, 1.807) is 12.1 Å². The number of hydrogen-bond acceptors (Lipinski definition) is 4. The van der Waals surface area contributed by atoms with Crippen LogP contribution < -0.4 is 5.32 Å². The van der Waals surface area contributed by atoms with Crippen LogP contribution >= 0.6 is 11.6 Å². The minimum Gasteiger partial charge on any atom is -0.310 e. The van der Waals surface area contributed by atoms with Crippen LogP contribution in [0.15, 0.2) is 24.4 Å². The highest BCUT2D eigenvalue weighted by molar-refractivity contribution is 6.30. The molecule has 0 spiro atoms. The van der Waals surface area contributed by atoms with Crippen molar-refractivity contribution in [3.8, 4) is 0 Å². The molecule has 1 aliphatic rings. The van der Waals surface area contributed by atoms with Crippen LogP contribution in [0.1, 0.15) is 30.1 Å². The van der Waals surface area contributed by atoms with Crippen molar-refractivity contribution >= 4 is 23.3 Å². The smallest absolute Gasteiger partial charge is 0.239 e. The first-order valence-corrected chi connectivity index (χ1v) is 8.13. The van der Waals surface area contributed by atoms with Crippen molar-refractivity contribution in [2.45, 2.75) is 25.7 Å². The third kappa shape index (κ3) is 4.30. The second-order valence-electron chi connectivity index (χ2n) is 5.96. The summed E-state index contributed by atoms with van der Waals surface area (Å²) in [5.74, 6) is 0.852. The highest BCUT2D eigenvalue weighted by atomic mass is 35.5. The molecule has 122 valence electrons. The molecule has 6 nitrogen and oxygen atoms in total. The van der Waals surface area contributed by atoms with Crippen molar-refractivity contribution in [2.75, 3.05) is 25.0 Å². The lowest BCUT2D eigenvalue weighted by atomic mass is 9.94. The van der Waals surface area contributed by atoms with Crippen LogP contribution in [-0.2, 0) is 4.79 Å². The predicted octanol–water partition coefficient (Wildman–Crippen LogP) is 2.58. The van der Waals surface area contributed by atoms with Crippen LogP contribution in [0.25, 0.3) is 0 Å². The van der Waals surface area contributed by atoms with Gasteiger partial charge >= 0.3 is 0 Å². The Kier molecular flexibility index (Phi) is 4.93. The highest BCUT2D eigenvalue weighted by Gasteiger charge is 2.24. The number of rotatable bonds is 4. The van der Waals surface area contributed by atoms with E-state index in [9.17, 15) is 4.79 Å². The van der Waals surface area contributed by atoms with Gasteiger partial charge in [-0.2, -0.15) is 5.10 Å². The van der Waals surface area contributed by atoms with E-state index in [1.165, 1.54) is 6.20 Å². The van der Waals surface area contributed by atoms with Crippen molar-refractivity contribution in [3.05, 3.63) is 40.8 Å². The van der Waals surface area contributed by atoms with Gasteiger partial charge in [0.05, 0.1) is 17.3 Å². The van der Waals surface area contributed by atoms with Gasteiger partial charge in [-0.1, -0.05) is 11.6 Å². The number of anilines is 1. The number of carbonyl (C=O) groups is 1. The topological polar surface area (TPSA) is 73.9 Å². The lowest BCUT2D eigenvalue weighted by Gasteiger charge is -2.31. The molecule has 1 saturated heterocycles. The first-order chi connectivity index (χ1) is 11.1. The van der Waals surface area contributed by atoms with E-state index in [-0.39, 0.29) is 5.91 Å². The van der Waals surface area contributed by atoms with E-state index in [0.29, 0.717) is 23.3 Å². The van der Waals surface area contributed by atoms with Gasteiger partial charge in [0.25, 0.3) is 0 Å². The van der Waals surface area contributed by atoms with Gasteiger partial charge in [0.15, 0.2) is 0 Å². The Morgan fingerprint density at radius 3 is 3.09 bits per heavy atom. The first kappa shape index (κ1) is 16.0. The molecule has 7 heteroatoms. The minimum atomic E-state index is -0.0568. The molecule has 2 N–H and O–H groups in total. The number of aromatic amines is 1. The maximum absolute atomic E-state index is 12.2. The second kappa shape index (κ2) is 7.10. The van der Waals surface area contributed by atoms with E-state index in [1.807, 2.05) is 6.92 Å². The van der Waals surface area contributed by atoms with Crippen LogP contribution in [0.4, 0.5) is 5.82 Å². The molecule has 1 amide bonds. The SMILES string of the molecule is Cc1cc([C@@H]2CCCN(CC(=O)Nc3ccc(Cl)cn3)C2)n[nH]1. The number of hydrogen-bond donors (Lipinski definition) is 2. The van der Waals surface area contributed by atoms with Gasteiger partial charge in [0.1, 0.15) is 5.82 Å². The van der Waals surface area contributed by atoms with E-state index >= 15 is 0 Å². The highest BCUT2D eigenvalue weighted by Crippen LogP contribution is 2.25. The number of nitrogens with zero attached hydrogens (tertiary/aromatic N) is 3. The maximum Gasteiger partial charge on any atom is 0.239 e. The molecule has 0 bridgehead atoms. The van der Waals surface area contributed by atoms with Crippen LogP contribution in [-0.4, -0.2) is 45.6 Å². The molecule has 2 aromatic rings. The van der Waals surface area contributed by atoms with E-state index in [4.69, 9.17) is 11.6 Å². The lowest BCUT2D eigenvalue weighted by Crippen LogP contribution is -2.39. The van der Waals surface area contributed by atoms with Crippen molar-refractivity contribution in [1.29, 1.82) is 0 Å². The molecular weight excluding hydrogens is 314 g/mol. The number of aromatic nitrogens is 3. The van der Waals surface area contributed by atoms with E-state index in [2.05, 4.69) is 31.5 Å². The third-order valence-electron chi connectivity index (χ3n) is 4.01. The summed E-state index contributed by atoms with van der Waals surface area (Å²) in [7, 11) is 0. The Morgan fingerprint density at radius 1 is 1.52 bits per heavy atom. The average Bonchev–Trinajstić information content (AvgIpc) is 2.96. The normalized spacial score (nSPS) is 18.8. The first-order valence-electron chi connectivity index (χ1n) is 7.76. The number of pyridine rings is 1. The molecule has 3 heterocycles. The molecule has 0 unspecified atom stereocenters. The number of halogens is 1. The Labute approximate surface area is 140 Å². The number of amides is 1. The Morgan fingerprint density at radius 2 is 2.39 bits per heavy atom. The Balaban J connectivity index is 1.54. The fourth-order valence-electron chi connectivity index (χ4n) is 2.92. The zero-order valence-corrected chi connectivity index (χ0v) is 13.8. The summed E-state index contributed by atoms with van der Waals surface area (Å²) >= 11 is 5.79. The summed E-state index contributed by atoms with van der Waals surface area (Å²) in [6.07, 6.45) is 3.71. The maximum atomic E-state index is 12.2. The second-order valence-corrected chi connectivity index (χ2v) is 6.40. The summed E-state index contributed by atoms with van der Waals surface area (Å²) in [6.45, 7) is 4.15. The van der Waals surface area contributed by atoms with Gasteiger partial charge in [0, 0.05) is 24.4 Å². The van der Waals surface area contributed by atoms with Crippen molar-refractivity contribution in [1.82, 2.24) is 20.1 Å². The number of aryl methyl sites for hydroxylation is 1. The van der Waals surface area contributed by atoms with Crippen molar-refractivity contribution in [2.24, 2.45) is 0 Å². The fourth-order valence-corrected chi connectivity index (χ4v) is 3.04. The van der Waals surface area contributed by atoms with Crippen LogP contribution in [0.3, 0.4) is 0 Å². The number of carbonyl (C=O) groups excluding carboxylic acids is 1. The van der Waals surface area contributed by atoms with E-state index < -0.39 is 0 Å². The summed E-state index contributed by atoms with van der Waals surface area (Å²) in [4.78, 5) is 18.4.